The third kappa shape index (κ3) is 5.20. The van der Waals surface area contributed by atoms with Gasteiger partial charge in [-0.15, -0.1) is 12.4 Å². The first-order chi connectivity index (χ1) is 7.67. The summed E-state index contributed by atoms with van der Waals surface area (Å²) in [7, 11) is 1.65. The van der Waals surface area contributed by atoms with Crippen molar-refractivity contribution in [2.45, 2.75) is 32.9 Å². The Morgan fingerprint density at radius 2 is 1.76 bits per heavy atom. The van der Waals surface area contributed by atoms with Crippen molar-refractivity contribution in [2.75, 3.05) is 7.05 Å². The van der Waals surface area contributed by atoms with E-state index in [1.165, 1.54) is 11.1 Å². The molecule has 0 aromatic heterocycles. The summed E-state index contributed by atoms with van der Waals surface area (Å²) in [5.41, 5.74) is 2.54. The number of rotatable bonds is 5. The van der Waals surface area contributed by atoms with Gasteiger partial charge in [0.05, 0.1) is 6.04 Å². The highest BCUT2D eigenvalue weighted by Crippen LogP contribution is 2.04. The lowest BCUT2D eigenvalue weighted by molar-refractivity contribution is -0.122. The Labute approximate surface area is 109 Å². The molecule has 4 heteroatoms. The van der Waals surface area contributed by atoms with E-state index in [4.69, 9.17) is 0 Å². The van der Waals surface area contributed by atoms with Crippen LogP contribution in [-0.2, 0) is 17.8 Å². The van der Waals surface area contributed by atoms with Gasteiger partial charge in [0, 0.05) is 13.6 Å². The van der Waals surface area contributed by atoms with E-state index >= 15 is 0 Å². The normalized spacial score (nSPS) is 11.5. The van der Waals surface area contributed by atoms with Gasteiger partial charge in [0.25, 0.3) is 0 Å². The summed E-state index contributed by atoms with van der Waals surface area (Å²) in [6.45, 7) is 4.72. The Morgan fingerprint density at radius 1 is 1.24 bits per heavy atom. The Balaban J connectivity index is 0.00000256. The number of carbonyl (C=O) groups excluding carboxylic acids is 1. The number of benzene rings is 1. The van der Waals surface area contributed by atoms with Gasteiger partial charge in [0.1, 0.15) is 0 Å². The van der Waals surface area contributed by atoms with Gasteiger partial charge in [-0.05, 0) is 24.5 Å². The molecule has 17 heavy (non-hydrogen) atoms. The molecule has 2 N–H and O–H groups in total. The Morgan fingerprint density at radius 3 is 2.24 bits per heavy atom. The fourth-order valence-electron chi connectivity index (χ4n) is 1.47. The average Bonchev–Trinajstić information content (AvgIpc) is 2.35. The van der Waals surface area contributed by atoms with E-state index in [2.05, 4.69) is 41.8 Å². The van der Waals surface area contributed by atoms with Gasteiger partial charge in [-0.1, -0.05) is 31.2 Å². The zero-order valence-electron chi connectivity index (χ0n) is 10.6. The van der Waals surface area contributed by atoms with Crippen LogP contribution in [0.4, 0.5) is 0 Å². The number of amides is 1. The van der Waals surface area contributed by atoms with Crippen LogP contribution in [0.2, 0.25) is 0 Å². The molecule has 1 atom stereocenters. The largest absolute Gasteiger partial charge is 0.358 e. The molecule has 96 valence electrons. The number of carbonyl (C=O) groups is 1. The molecule has 1 aromatic rings. The molecule has 0 radical (unpaired) electrons. The maximum absolute atomic E-state index is 11.3. The number of halogens is 1. The highest BCUT2D eigenvalue weighted by molar-refractivity contribution is 5.85. The SMILES string of the molecule is CCc1ccc(CN[C@H](C)C(=O)NC)cc1.Cl. The maximum Gasteiger partial charge on any atom is 0.236 e. The van der Waals surface area contributed by atoms with Crippen molar-refractivity contribution >= 4 is 18.3 Å². The minimum atomic E-state index is -0.157. The zero-order chi connectivity index (χ0) is 12.0. The third-order valence-corrected chi connectivity index (χ3v) is 2.68. The minimum absolute atomic E-state index is 0. The Kier molecular flexibility index (Phi) is 7.59. The summed E-state index contributed by atoms with van der Waals surface area (Å²) in [5.74, 6) is 0.0187. The molecule has 0 aliphatic heterocycles. The average molecular weight is 257 g/mol. The second-order valence-corrected chi connectivity index (χ2v) is 3.89. The summed E-state index contributed by atoms with van der Waals surface area (Å²) in [6.07, 6.45) is 1.06. The van der Waals surface area contributed by atoms with E-state index in [9.17, 15) is 4.79 Å². The minimum Gasteiger partial charge on any atom is -0.358 e. The molecule has 0 saturated carbocycles. The van der Waals surface area contributed by atoms with E-state index in [1.54, 1.807) is 7.05 Å². The predicted octanol–water partition coefficient (Wildman–Crippen LogP) is 1.89. The van der Waals surface area contributed by atoms with Crippen LogP contribution in [0.25, 0.3) is 0 Å². The summed E-state index contributed by atoms with van der Waals surface area (Å²) in [4.78, 5) is 11.3. The molecular weight excluding hydrogens is 236 g/mol. The van der Waals surface area contributed by atoms with E-state index in [-0.39, 0.29) is 24.4 Å². The van der Waals surface area contributed by atoms with Gasteiger partial charge in [-0.2, -0.15) is 0 Å². The van der Waals surface area contributed by atoms with Crippen LogP contribution in [0, 0.1) is 0 Å². The highest BCUT2D eigenvalue weighted by atomic mass is 35.5. The molecule has 0 heterocycles. The van der Waals surface area contributed by atoms with Gasteiger partial charge in [-0.3, -0.25) is 4.79 Å². The molecule has 3 nitrogen and oxygen atoms in total. The molecule has 0 bridgehead atoms. The van der Waals surface area contributed by atoms with Crippen molar-refractivity contribution < 1.29 is 4.79 Å². The molecule has 0 fully saturated rings. The van der Waals surface area contributed by atoms with Crippen molar-refractivity contribution in [3.8, 4) is 0 Å². The summed E-state index contributed by atoms with van der Waals surface area (Å²) in [6, 6.07) is 8.30. The zero-order valence-corrected chi connectivity index (χ0v) is 11.4. The molecule has 1 amide bonds. The molecule has 1 aromatic carbocycles. The Hall–Kier alpha value is -1.06. The lowest BCUT2D eigenvalue weighted by Crippen LogP contribution is -2.40. The number of aryl methyl sites for hydroxylation is 1. The first-order valence-electron chi connectivity index (χ1n) is 5.70. The van der Waals surface area contributed by atoms with E-state index in [0.29, 0.717) is 0 Å². The number of nitrogens with one attached hydrogen (secondary N) is 2. The topological polar surface area (TPSA) is 41.1 Å². The van der Waals surface area contributed by atoms with Crippen molar-refractivity contribution in [2.24, 2.45) is 0 Å². The van der Waals surface area contributed by atoms with E-state index in [1.807, 2.05) is 6.92 Å². The molecule has 0 unspecified atom stereocenters. The van der Waals surface area contributed by atoms with Crippen molar-refractivity contribution in [1.29, 1.82) is 0 Å². The van der Waals surface area contributed by atoms with Gasteiger partial charge >= 0.3 is 0 Å². The van der Waals surface area contributed by atoms with Crippen molar-refractivity contribution in [3.63, 3.8) is 0 Å². The predicted molar refractivity (Wildman–Crippen MR) is 73.4 cm³/mol. The molecule has 0 aliphatic carbocycles. The lowest BCUT2D eigenvalue weighted by atomic mass is 10.1. The number of likely N-dealkylation sites (N-methyl/N-ethyl adjacent to an activating group) is 1. The second-order valence-electron chi connectivity index (χ2n) is 3.89. The highest BCUT2D eigenvalue weighted by Gasteiger charge is 2.08. The van der Waals surface area contributed by atoms with Crippen LogP contribution in [0.1, 0.15) is 25.0 Å². The molecule has 0 saturated heterocycles. The fourth-order valence-corrected chi connectivity index (χ4v) is 1.47. The van der Waals surface area contributed by atoms with Crippen molar-refractivity contribution in [1.82, 2.24) is 10.6 Å². The fraction of sp³-hybridized carbons (Fsp3) is 0.462. The second kappa shape index (κ2) is 8.09. The first kappa shape index (κ1) is 15.9. The third-order valence-electron chi connectivity index (χ3n) is 2.68. The van der Waals surface area contributed by atoms with Crippen LogP contribution >= 0.6 is 12.4 Å². The molecule has 1 rings (SSSR count). The van der Waals surface area contributed by atoms with Crippen LogP contribution in [0.15, 0.2) is 24.3 Å². The van der Waals surface area contributed by atoms with E-state index in [0.717, 1.165) is 13.0 Å². The lowest BCUT2D eigenvalue weighted by Gasteiger charge is -2.12. The summed E-state index contributed by atoms with van der Waals surface area (Å²) < 4.78 is 0. The van der Waals surface area contributed by atoms with Gasteiger partial charge in [0.2, 0.25) is 5.91 Å². The quantitative estimate of drug-likeness (QED) is 0.845. The first-order valence-corrected chi connectivity index (χ1v) is 5.70. The number of hydrogen-bond acceptors (Lipinski definition) is 2. The van der Waals surface area contributed by atoms with E-state index < -0.39 is 0 Å². The molecule has 0 spiro atoms. The van der Waals surface area contributed by atoms with Gasteiger partial charge < -0.3 is 10.6 Å². The summed E-state index contributed by atoms with van der Waals surface area (Å²) in [5, 5.41) is 5.79. The molecule has 0 aliphatic rings. The smallest absolute Gasteiger partial charge is 0.236 e. The summed E-state index contributed by atoms with van der Waals surface area (Å²) >= 11 is 0. The van der Waals surface area contributed by atoms with Crippen molar-refractivity contribution in [3.05, 3.63) is 35.4 Å². The van der Waals surface area contributed by atoms with Gasteiger partial charge in [-0.25, -0.2) is 0 Å². The Bertz CT molecular complexity index is 338. The van der Waals surface area contributed by atoms with Crippen LogP contribution in [-0.4, -0.2) is 19.0 Å². The van der Waals surface area contributed by atoms with Crippen LogP contribution in [0.3, 0.4) is 0 Å². The molecular formula is C13H21ClN2O. The maximum atomic E-state index is 11.3. The standard InChI is InChI=1S/C13H20N2O.ClH/c1-4-11-5-7-12(8-6-11)9-15-10(2)13(16)14-3;/h5-8,10,15H,4,9H2,1-3H3,(H,14,16);1H/t10-;/m1./s1. The monoisotopic (exact) mass is 256 g/mol. The van der Waals surface area contributed by atoms with Crippen LogP contribution < -0.4 is 10.6 Å². The number of hydrogen-bond donors (Lipinski definition) is 2. The van der Waals surface area contributed by atoms with Crippen LogP contribution in [0.5, 0.6) is 0 Å². The van der Waals surface area contributed by atoms with Gasteiger partial charge in [0.15, 0.2) is 0 Å².